The van der Waals surface area contributed by atoms with Gasteiger partial charge in [0.15, 0.2) is 0 Å². The minimum Gasteiger partial charge on any atom is -0.475 e. The Morgan fingerprint density at radius 3 is 2.95 bits per heavy atom. The molecule has 37 heavy (non-hydrogen) atoms. The van der Waals surface area contributed by atoms with Gasteiger partial charge in [-0.3, -0.25) is 9.69 Å². The number of fused-ring (bicyclic) bond motifs is 5. The van der Waals surface area contributed by atoms with Gasteiger partial charge in [0.25, 0.3) is 5.91 Å². The Balaban J connectivity index is 1.36. The van der Waals surface area contributed by atoms with Gasteiger partial charge in [-0.05, 0) is 43.2 Å². The largest absolute Gasteiger partial charge is 0.475 e. The number of carbonyl (C=O) groups excluding carboxylic acids is 1. The molecular weight excluding hydrogens is 488 g/mol. The molecule has 2 aliphatic rings. The number of anilines is 1. The lowest BCUT2D eigenvalue weighted by Gasteiger charge is -2.26. The van der Waals surface area contributed by atoms with Crippen molar-refractivity contribution in [1.29, 1.82) is 0 Å². The Morgan fingerprint density at radius 2 is 2.11 bits per heavy atom. The van der Waals surface area contributed by atoms with E-state index in [4.69, 9.17) is 20.9 Å². The van der Waals surface area contributed by atoms with E-state index in [9.17, 15) is 4.79 Å². The zero-order valence-corrected chi connectivity index (χ0v) is 21.2. The van der Waals surface area contributed by atoms with Gasteiger partial charge in [-0.1, -0.05) is 0 Å². The monoisotopic (exact) mass is 514 g/mol. The number of aromatic nitrogens is 3. The van der Waals surface area contributed by atoms with Crippen LogP contribution in [0.1, 0.15) is 22.3 Å². The molecule has 0 saturated carbocycles. The molecule has 188 valence electrons. The first-order valence-corrected chi connectivity index (χ1v) is 13.1. The molecule has 1 aromatic carbocycles. The van der Waals surface area contributed by atoms with Gasteiger partial charge in [0.1, 0.15) is 17.2 Å². The second kappa shape index (κ2) is 9.94. The van der Waals surface area contributed by atoms with Crippen LogP contribution in [0.25, 0.3) is 32.2 Å². The topological polar surface area (TPSA) is 102 Å². The van der Waals surface area contributed by atoms with Gasteiger partial charge in [0.2, 0.25) is 5.88 Å². The van der Waals surface area contributed by atoms with E-state index in [-0.39, 0.29) is 11.9 Å². The molecule has 5 heterocycles. The van der Waals surface area contributed by atoms with Gasteiger partial charge in [0, 0.05) is 47.7 Å². The van der Waals surface area contributed by atoms with E-state index in [1.807, 2.05) is 31.2 Å². The molecule has 2 N–H and O–H groups in total. The predicted octanol–water partition coefficient (Wildman–Crippen LogP) is 3.14. The number of morpholine rings is 1. The van der Waals surface area contributed by atoms with E-state index in [0.29, 0.717) is 40.9 Å². The van der Waals surface area contributed by atoms with Crippen LogP contribution in [0, 0.1) is 12.3 Å². The quantitative estimate of drug-likeness (QED) is 0.392. The summed E-state index contributed by atoms with van der Waals surface area (Å²) in [6, 6.07) is 9.81. The molecule has 0 radical (unpaired) electrons. The molecule has 0 bridgehead atoms. The number of nitrogens with one attached hydrogen (secondary N) is 2. The van der Waals surface area contributed by atoms with Crippen LogP contribution < -0.4 is 15.4 Å². The van der Waals surface area contributed by atoms with Crippen LogP contribution in [0.15, 0.2) is 30.3 Å². The third kappa shape index (κ3) is 4.57. The number of hydrogen-bond acceptors (Lipinski definition) is 9. The minimum absolute atomic E-state index is 0.0463. The van der Waals surface area contributed by atoms with Gasteiger partial charge in [0.05, 0.1) is 35.7 Å². The lowest BCUT2D eigenvalue weighted by Crippen LogP contribution is -2.38. The molecule has 2 aliphatic heterocycles. The molecule has 6 rings (SSSR count). The molecular formula is C27H26N6O3S. The van der Waals surface area contributed by atoms with E-state index in [0.717, 1.165) is 59.5 Å². The van der Waals surface area contributed by atoms with Crippen LogP contribution >= 0.6 is 11.3 Å². The van der Waals surface area contributed by atoms with Crippen LogP contribution in [-0.2, 0) is 4.74 Å². The maximum absolute atomic E-state index is 12.7. The van der Waals surface area contributed by atoms with Crippen molar-refractivity contribution in [3.8, 4) is 29.5 Å². The van der Waals surface area contributed by atoms with Crippen LogP contribution in [0.5, 0.6) is 5.88 Å². The van der Waals surface area contributed by atoms with Crippen molar-refractivity contribution in [3.63, 3.8) is 0 Å². The van der Waals surface area contributed by atoms with Crippen molar-refractivity contribution in [1.82, 2.24) is 25.4 Å². The van der Waals surface area contributed by atoms with Crippen molar-refractivity contribution >= 4 is 43.9 Å². The Hall–Kier alpha value is -3.78. The highest BCUT2D eigenvalue weighted by Gasteiger charge is 2.25. The molecule has 9 nitrogen and oxygen atoms in total. The fourth-order valence-corrected chi connectivity index (χ4v) is 5.81. The minimum atomic E-state index is -0.0463. The maximum atomic E-state index is 12.7. The molecule has 1 fully saturated rings. The summed E-state index contributed by atoms with van der Waals surface area (Å²) in [5.41, 5.74) is 3.49. The molecule has 1 saturated heterocycles. The summed E-state index contributed by atoms with van der Waals surface area (Å²) in [5, 5.41) is 16.9. The van der Waals surface area contributed by atoms with Gasteiger partial charge in [-0.2, -0.15) is 0 Å². The highest BCUT2D eigenvalue weighted by atomic mass is 32.1. The number of rotatable bonds is 5. The van der Waals surface area contributed by atoms with E-state index in [1.165, 1.54) is 11.3 Å². The van der Waals surface area contributed by atoms with Crippen molar-refractivity contribution in [2.75, 3.05) is 51.3 Å². The zero-order chi connectivity index (χ0) is 25.4. The molecule has 10 heteroatoms. The second-order valence-electron chi connectivity index (χ2n) is 9.16. The Kier molecular flexibility index (Phi) is 6.34. The third-order valence-electron chi connectivity index (χ3n) is 6.62. The van der Waals surface area contributed by atoms with Crippen molar-refractivity contribution < 1.29 is 14.3 Å². The van der Waals surface area contributed by atoms with Crippen LogP contribution in [0.3, 0.4) is 0 Å². The van der Waals surface area contributed by atoms with Gasteiger partial charge in [-0.25, -0.2) is 4.98 Å². The maximum Gasteiger partial charge on any atom is 0.263 e. The fourth-order valence-electron chi connectivity index (χ4n) is 4.71. The fraction of sp³-hybridized carbons (Fsp3) is 0.333. The lowest BCUT2D eigenvalue weighted by molar-refractivity contribution is 0.0320. The van der Waals surface area contributed by atoms with Crippen molar-refractivity contribution in [3.05, 3.63) is 40.9 Å². The number of ether oxygens (including phenoxy) is 2. The molecule has 0 unspecified atom stereocenters. The lowest BCUT2D eigenvalue weighted by atomic mass is 10.1. The molecule has 0 aliphatic carbocycles. The summed E-state index contributed by atoms with van der Waals surface area (Å²) in [6.07, 6.45) is 5.61. The van der Waals surface area contributed by atoms with Gasteiger partial charge >= 0.3 is 0 Å². The standard InChI is InChI=1S/C27H26N6O3S/c1-3-17-14-19(27(32-31-17)36-13-10-33-8-11-35-12-9-33)21-5-4-18-20(30-21)6-7-22-23(18)24-25(37-22)26(34)29-16(2)15-28-24/h1,4-7,14,16,28H,8-13,15H2,2H3,(H,29,34)/t16-/m1/s1. The van der Waals surface area contributed by atoms with Gasteiger partial charge in [-0.15, -0.1) is 28.0 Å². The number of pyridine rings is 1. The predicted molar refractivity (Wildman–Crippen MR) is 144 cm³/mol. The zero-order valence-electron chi connectivity index (χ0n) is 20.4. The van der Waals surface area contributed by atoms with Crippen molar-refractivity contribution in [2.45, 2.75) is 13.0 Å². The average Bonchev–Trinajstić information content (AvgIpc) is 3.25. The van der Waals surface area contributed by atoms with Crippen LogP contribution in [-0.4, -0.2) is 78.0 Å². The normalized spacial score (nSPS) is 18.1. The highest BCUT2D eigenvalue weighted by Crippen LogP contribution is 2.41. The number of amides is 1. The number of benzene rings is 1. The summed E-state index contributed by atoms with van der Waals surface area (Å²) in [5.74, 6) is 2.91. The Labute approximate surface area is 218 Å². The summed E-state index contributed by atoms with van der Waals surface area (Å²) in [7, 11) is 0. The third-order valence-corrected chi connectivity index (χ3v) is 7.78. The van der Waals surface area contributed by atoms with E-state index in [1.54, 1.807) is 6.07 Å². The van der Waals surface area contributed by atoms with Gasteiger partial charge < -0.3 is 20.1 Å². The summed E-state index contributed by atoms with van der Waals surface area (Å²) >= 11 is 1.49. The first kappa shape index (κ1) is 23.6. The number of terminal acetylenes is 1. The average molecular weight is 515 g/mol. The Bertz CT molecular complexity index is 1540. The number of nitrogens with zero attached hydrogens (tertiary/aromatic N) is 4. The molecule has 3 aromatic heterocycles. The van der Waals surface area contributed by atoms with E-state index >= 15 is 0 Å². The number of hydrogen-bond donors (Lipinski definition) is 2. The van der Waals surface area contributed by atoms with E-state index < -0.39 is 0 Å². The highest BCUT2D eigenvalue weighted by molar-refractivity contribution is 7.21. The molecule has 4 aromatic rings. The summed E-state index contributed by atoms with van der Waals surface area (Å²) in [6.45, 7) is 7.15. The second-order valence-corrected chi connectivity index (χ2v) is 10.2. The molecule has 0 spiro atoms. The SMILES string of the molecule is C#Cc1cc(-c2ccc3c(ccc4sc5c(c43)NC[C@@H](C)NC5=O)n2)c(OCCN2CCOCC2)nn1. The first-order chi connectivity index (χ1) is 18.1. The summed E-state index contributed by atoms with van der Waals surface area (Å²) in [4.78, 5) is 20.7. The van der Waals surface area contributed by atoms with Crippen LogP contribution in [0.4, 0.5) is 5.69 Å². The molecule has 1 amide bonds. The summed E-state index contributed by atoms with van der Waals surface area (Å²) < 4.78 is 12.5. The Morgan fingerprint density at radius 1 is 1.24 bits per heavy atom. The van der Waals surface area contributed by atoms with Crippen molar-refractivity contribution in [2.24, 2.45) is 0 Å². The number of carbonyl (C=O) groups is 1. The van der Waals surface area contributed by atoms with E-state index in [2.05, 4.69) is 31.7 Å². The van der Waals surface area contributed by atoms with Crippen LogP contribution in [0.2, 0.25) is 0 Å². The smallest absolute Gasteiger partial charge is 0.263 e. The number of thiophene rings is 1. The first-order valence-electron chi connectivity index (χ1n) is 12.3. The molecule has 1 atom stereocenters.